The molecule has 1 aromatic carbocycles. The molecule has 6 heteroatoms. The highest BCUT2D eigenvalue weighted by Gasteiger charge is 2.16. The maximum atomic E-state index is 12.0. The molecule has 0 bridgehead atoms. The summed E-state index contributed by atoms with van der Waals surface area (Å²) < 4.78 is 5.50. The smallest absolute Gasteiger partial charge is 0.296 e. The Morgan fingerprint density at radius 3 is 2.95 bits per heavy atom. The average molecular weight is 260 g/mol. The molecule has 2 N–H and O–H groups in total. The lowest BCUT2D eigenvalue weighted by molar-refractivity contribution is -0.129. The van der Waals surface area contributed by atoms with Crippen LogP contribution in [-0.2, 0) is 4.79 Å². The van der Waals surface area contributed by atoms with Gasteiger partial charge in [-0.15, -0.1) is 0 Å². The fourth-order valence-corrected chi connectivity index (χ4v) is 2.13. The highest BCUT2D eigenvalue weighted by molar-refractivity contribution is 5.81. The van der Waals surface area contributed by atoms with Crippen molar-refractivity contribution in [2.45, 2.75) is 0 Å². The van der Waals surface area contributed by atoms with Crippen LogP contribution in [0.2, 0.25) is 0 Å². The molecule has 19 heavy (non-hydrogen) atoms. The lowest BCUT2D eigenvalue weighted by Gasteiger charge is -2.27. The summed E-state index contributed by atoms with van der Waals surface area (Å²) in [6.07, 6.45) is 0. The van der Waals surface area contributed by atoms with Crippen molar-refractivity contribution in [2.75, 3.05) is 38.0 Å². The number of anilines is 1. The third-order valence-corrected chi connectivity index (χ3v) is 3.15. The number of para-hydroxylation sites is 2. The molecule has 1 saturated heterocycles. The predicted molar refractivity (Wildman–Crippen MR) is 71.9 cm³/mol. The summed E-state index contributed by atoms with van der Waals surface area (Å²) in [5, 5.41) is 6.16. The van der Waals surface area contributed by atoms with E-state index in [9.17, 15) is 4.79 Å². The molecule has 1 aromatic heterocycles. The third kappa shape index (κ3) is 2.68. The summed E-state index contributed by atoms with van der Waals surface area (Å²) in [5.74, 6) is 0.0729. The second kappa shape index (κ2) is 5.27. The standard InChI is InChI=1S/C13H16N4O2/c18-12(17-7-5-14-6-8-17)9-15-13-16-10-3-1-2-4-11(10)19-13/h1-4,14H,5-9H2,(H,15,16). The number of fused-ring (bicyclic) bond motifs is 1. The van der Waals surface area contributed by atoms with E-state index in [-0.39, 0.29) is 12.5 Å². The number of oxazole rings is 1. The topological polar surface area (TPSA) is 70.4 Å². The highest BCUT2D eigenvalue weighted by atomic mass is 16.4. The molecule has 0 aliphatic carbocycles. The lowest BCUT2D eigenvalue weighted by atomic mass is 10.3. The van der Waals surface area contributed by atoms with E-state index in [2.05, 4.69) is 15.6 Å². The molecular formula is C13H16N4O2. The van der Waals surface area contributed by atoms with Gasteiger partial charge >= 0.3 is 0 Å². The first kappa shape index (κ1) is 12.0. The number of piperazine rings is 1. The van der Waals surface area contributed by atoms with Crippen molar-refractivity contribution in [1.82, 2.24) is 15.2 Å². The van der Waals surface area contributed by atoms with E-state index < -0.39 is 0 Å². The Hall–Kier alpha value is -2.08. The molecule has 0 radical (unpaired) electrons. The van der Waals surface area contributed by atoms with E-state index >= 15 is 0 Å². The van der Waals surface area contributed by atoms with Gasteiger partial charge in [-0.3, -0.25) is 4.79 Å². The van der Waals surface area contributed by atoms with Crippen LogP contribution >= 0.6 is 0 Å². The van der Waals surface area contributed by atoms with Gasteiger partial charge in [0.1, 0.15) is 5.52 Å². The van der Waals surface area contributed by atoms with E-state index in [0.29, 0.717) is 6.01 Å². The van der Waals surface area contributed by atoms with Gasteiger partial charge < -0.3 is 20.0 Å². The van der Waals surface area contributed by atoms with Gasteiger partial charge in [-0.1, -0.05) is 12.1 Å². The van der Waals surface area contributed by atoms with Crippen LogP contribution in [0.5, 0.6) is 0 Å². The summed E-state index contributed by atoms with van der Waals surface area (Å²) in [6.45, 7) is 3.44. The number of amides is 1. The minimum Gasteiger partial charge on any atom is -0.424 e. The fraction of sp³-hybridized carbons (Fsp3) is 0.385. The van der Waals surface area contributed by atoms with Gasteiger partial charge in [0.05, 0.1) is 6.54 Å². The lowest BCUT2D eigenvalue weighted by Crippen LogP contribution is -2.48. The SMILES string of the molecule is O=C(CNc1nc2ccccc2o1)N1CCNCC1. The second-order valence-electron chi connectivity index (χ2n) is 4.47. The summed E-state index contributed by atoms with van der Waals surface area (Å²) in [4.78, 5) is 18.1. The van der Waals surface area contributed by atoms with Crippen molar-refractivity contribution < 1.29 is 9.21 Å². The van der Waals surface area contributed by atoms with Crippen LogP contribution in [-0.4, -0.2) is 48.5 Å². The van der Waals surface area contributed by atoms with E-state index in [4.69, 9.17) is 4.42 Å². The zero-order valence-electron chi connectivity index (χ0n) is 10.6. The Morgan fingerprint density at radius 1 is 1.37 bits per heavy atom. The van der Waals surface area contributed by atoms with Gasteiger partial charge in [-0.2, -0.15) is 4.98 Å². The molecule has 1 aliphatic heterocycles. The van der Waals surface area contributed by atoms with Crippen molar-refractivity contribution in [3.05, 3.63) is 24.3 Å². The van der Waals surface area contributed by atoms with Crippen molar-refractivity contribution in [3.63, 3.8) is 0 Å². The number of rotatable bonds is 3. The number of carbonyl (C=O) groups is 1. The number of hydrogen-bond acceptors (Lipinski definition) is 5. The molecule has 2 heterocycles. The molecule has 6 nitrogen and oxygen atoms in total. The van der Waals surface area contributed by atoms with E-state index in [0.717, 1.165) is 37.3 Å². The molecule has 0 atom stereocenters. The van der Waals surface area contributed by atoms with Gasteiger partial charge in [0.25, 0.3) is 6.01 Å². The molecule has 0 unspecified atom stereocenters. The minimum absolute atomic E-state index is 0.0729. The average Bonchev–Trinajstić information content (AvgIpc) is 2.88. The maximum Gasteiger partial charge on any atom is 0.296 e. The number of nitrogens with zero attached hydrogens (tertiary/aromatic N) is 2. The van der Waals surface area contributed by atoms with Crippen molar-refractivity contribution >= 4 is 23.0 Å². The summed E-state index contributed by atoms with van der Waals surface area (Å²) in [5.41, 5.74) is 1.51. The first-order valence-corrected chi connectivity index (χ1v) is 6.41. The van der Waals surface area contributed by atoms with Crippen molar-refractivity contribution in [2.24, 2.45) is 0 Å². The normalized spacial score (nSPS) is 15.7. The predicted octanol–water partition coefficient (Wildman–Crippen LogP) is 0.671. The van der Waals surface area contributed by atoms with Crippen LogP contribution in [0.15, 0.2) is 28.7 Å². The molecule has 1 aliphatic rings. The van der Waals surface area contributed by atoms with Crippen LogP contribution in [0, 0.1) is 0 Å². The Bertz CT molecular complexity index is 542. The first-order chi connectivity index (χ1) is 9.33. The molecule has 1 amide bonds. The highest BCUT2D eigenvalue weighted by Crippen LogP contribution is 2.17. The maximum absolute atomic E-state index is 12.0. The Kier molecular flexibility index (Phi) is 3.33. The van der Waals surface area contributed by atoms with Crippen LogP contribution in [0.3, 0.4) is 0 Å². The van der Waals surface area contributed by atoms with Gasteiger partial charge in [0, 0.05) is 26.2 Å². The molecule has 2 aromatic rings. The van der Waals surface area contributed by atoms with E-state index in [1.54, 1.807) is 0 Å². The van der Waals surface area contributed by atoms with Gasteiger partial charge in [-0.25, -0.2) is 0 Å². The quantitative estimate of drug-likeness (QED) is 0.849. The third-order valence-electron chi connectivity index (χ3n) is 3.15. The molecule has 100 valence electrons. The number of benzene rings is 1. The Morgan fingerprint density at radius 2 is 2.16 bits per heavy atom. The Balaban J connectivity index is 1.60. The molecular weight excluding hydrogens is 244 g/mol. The van der Waals surface area contributed by atoms with Crippen molar-refractivity contribution in [3.8, 4) is 0 Å². The monoisotopic (exact) mass is 260 g/mol. The molecule has 1 fully saturated rings. The first-order valence-electron chi connectivity index (χ1n) is 6.41. The summed E-state index contributed by atoms with van der Waals surface area (Å²) in [7, 11) is 0. The number of nitrogens with one attached hydrogen (secondary N) is 2. The largest absolute Gasteiger partial charge is 0.424 e. The zero-order chi connectivity index (χ0) is 13.1. The van der Waals surface area contributed by atoms with Crippen LogP contribution in [0.1, 0.15) is 0 Å². The van der Waals surface area contributed by atoms with Gasteiger partial charge in [0.15, 0.2) is 5.58 Å². The minimum atomic E-state index is 0.0729. The zero-order valence-corrected chi connectivity index (χ0v) is 10.6. The van der Waals surface area contributed by atoms with Crippen LogP contribution in [0.25, 0.3) is 11.1 Å². The van der Waals surface area contributed by atoms with E-state index in [1.165, 1.54) is 0 Å². The second-order valence-corrected chi connectivity index (χ2v) is 4.47. The van der Waals surface area contributed by atoms with Crippen LogP contribution in [0.4, 0.5) is 6.01 Å². The molecule has 0 spiro atoms. The van der Waals surface area contributed by atoms with Crippen LogP contribution < -0.4 is 10.6 Å². The van der Waals surface area contributed by atoms with Gasteiger partial charge in [0.2, 0.25) is 5.91 Å². The van der Waals surface area contributed by atoms with E-state index in [1.807, 2.05) is 29.2 Å². The number of aromatic nitrogens is 1. The molecule has 0 saturated carbocycles. The summed E-state index contributed by atoms with van der Waals surface area (Å²) >= 11 is 0. The Labute approximate surface area is 110 Å². The van der Waals surface area contributed by atoms with Crippen molar-refractivity contribution in [1.29, 1.82) is 0 Å². The van der Waals surface area contributed by atoms with Gasteiger partial charge in [-0.05, 0) is 12.1 Å². The number of carbonyl (C=O) groups excluding carboxylic acids is 1. The molecule has 3 rings (SSSR count). The summed E-state index contributed by atoms with van der Waals surface area (Å²) in [6, 6.07) is 7.92. The number of hydrogen-bond donors (Lipinski definition) is 2. The fourth-order valence-electron chi connectivity index (χ4n) is 2.13.